The standard InChI is InChI=1S/C9H4Cl2F5NO2/c10-2-4-6(7(11)18)3(8(12)13)1-5(17-4)19-9(14,15)16/h1,8H,2H2. The molecule has 0 aromatic carbocycles. The molecule has 106 valence electrons. The minimum Gasteiger partial charge on any atom is -0.388 e. The van der Waals surface area contributed by atoms with Gasteiger partial charge in [0.25, 0.3) is 11.7 Å². The van der Waals surface area contributed by atoms with Crippen LogP contribution in [0.15, 0.2) is 6.07 Å². The molecule has 0 fully saturated rings. The lowest BCUT2D eigenvalue weighted by molar-refractivity contribution is -0.276. The average Bonchev–Trinajstić information content (AvgIpc) is 2.24. The molecule has 0 atom stereocenters. The quantitative estimate of drug-likeness (QED) is 0.477. The number of hydrogen-bond donors (Lipinski definition) is 0. The number of hydrogen-bond acceptors (Lipinski definition) is 3. The number of aromatic nitrogens is 1. The average molecular weight is 324 g/mol. The molecule has 1 aromatic heterocycles. The van der Waals surface area contributed by atoms with Crippen LogP contribution in [-0.2, 0) is 5.88 Å². The lowest BCUT2D eigenvalue weighted by Crippen LogP contribution is -2.19. The highest BCUT2D eigenvalue weighted by molar-refractivity contribution is 6.68. The van der Waals surface area contributed by atoms with Gasteiger partial charge in [0.2, 0.25) is 5.88 Å². The molecule has 3 nitrogen and oxygen atoms in total. The van der Waals surface area contributed by atoms with E-state index in [1.54, 1.807) is 0 Å². The van der Waals surface area contributed by atoms with E-state index >= 15 is 0 Å². The van der Waals surface area contributed by atoms with Crippen LogP contribution in [0.25, 0.3) is 0 Å². The van der Waals surface area contributed by atoms with Crippen LogP contribution >= 0.6 is 23.2 Å². The smallest absolute Gasteiger partial charge is 0.388 e. The Morgan fingerprint density at radius 1 is 1.42 bits per heavy atom. The zero-order valence-electron chi connectivity index (χ0n) is 8.77. The molecule has 0 aliphatic heterocycles. The summed E-state index contributed by atoms with van der Waals surface area (Å²) in [7, 11) is 0. The van der Waals surface area contributed by atoms with Crippen LogP contribution in [0.3, 0.4) is 0 Å². The first kappa shape index (κ1) is 15.9. The summed E-state index contributed by atoms with van der Waals surface area (Å²) in [6, 6.07) is 0.295. The second-order valence-electron chi connectivity index (χ2n) is 3.13. The normalized spacial score (nSPS) is 11.8. The van der Waals surface area contributed by atoms with E-state index in [0.29, 0.717) is 6.07 Å². The highest BCUT2D eigenvalue weighted by Crippen LogP contribution is 2.32. The third-order valence-corrected chi connectivity index (χ3v) is 2.32. The topological polar surface area (TPSA) is 39.2 Å². The lowest BCUT2D eigenvalue weighted by Gasteiger charge is -2.13. The number of halogens is 7. The van der Waals surface area contributed by atoms with Gasteiger partial charge < -0.3 is 4.74 Å². The molecule has 0 radical (unpaired) electrons. The Kier molecular flexibility index (Phi) is 4.92. The third-order valence-electron chi connectivity index (χ3n) is 1.88. The maximum absolute atomic E-state index is 12.7. The summed E-state index contributed by atoms with van der Waals surface area (Å²) >= 11 is 10.4. The van der Waals surface area contributed by atoms with Crippen LogP contribution in [0, 0.1) is 0 Å². The van der Waals surface area contributed by atoms with Gasteiger partial charge in [-0.2, -0.15) is 0 Å². The number of ether oxygens (including phenoxy) is 1. The number of nitrogens with zero attached hydrogens (tertiary/aromatic N) is 1. The van der Waals surface area contributed by atoms with Gasteiger partial charge in [0, 0.05) is 11.6 Å². The number of rotatable bonds is 4. The SMILES string of the molecule is O=C(Cl)c1c(C(F)F)cc(OC(F)(F)F)nc1CCl. The fraction of sp³-hybridized carbons (Fsp3) is 0.333. The monoisotopic (exact) mass is 323 g/mol. The molecule has 0 saturated heterocycles. The van der Waals surface area contributed by atoms with Crippen molar-refractivity contribution in [1.82, 2.24) is 4.98 Å². The Hall–Kier alpha value is -1.15. The maximum atomic E-state index is 12.7. The van der Waals surface area contributed by atoms with E-state index in [1.165, 1.54) is 0 Å². The second-order valence-corrected chi connectivity index (χ2v) is 3.74. The Balaban J connectivity index is 3.40. The molecule has 0 aliphatic rings. The van der Waals surface area contributed by atoms with E-state index in [1.807, 2.05) is 0 Å². The van der Waals surface area contributed by atoms with E-state index < -0.39 is 46.6 Å². The summed E-state index contributed by atoms with van der Waals surface area (Å²) in [6.45, 7) is 0. The first-order valence-corrected chi connectivity index (χ1v) is 5.40. The predicted molar refractivity (Wildman–Crippen MR) is 55.6 cm³/mol. The Labute approximate surface area is 113 Å². The minimum atomic E-state index is -5.11. The number of carbonyl (C=O) groups is 1. The first-order valence-electron chi connectivity index (χ1n) is 4.49. The predicted octanol–water partition coefficient (Wildman–Crippen LogP) is 4.04. The fourth-order valence-corrected chi connectivity index (χ4v) is 1.67. The van der Waals surface area contributed by atoms with Gasteiger partial charge in [-0.15, -0.1) is 24.8 Å². The molecular formula is C9H4Cl2F5NO2. The zero-order valence-corrected chi connectivity index (χ0v) is 10.3. The van der Waals surface area contributed by atoms with E-state index in [9.17, 15) is 26.7 Å². The summed E-state index contributed by atoms with van der Waals surface area (Å²) in [5.41, 5.74) is -2.26. The Bertz CT molecular complexity index is 492. The molecule has 0 aliphatic carbocycles. The van der Waals surface area contributed by atoms with Crippen LogP contribution in [0.4, 0.5) is 22.0 Å². The van der Waals surface area contributed by atoms with Crippen molar-refractivity contribution in [3.63, 3.8) is 0 Å². The van der Waals surface area contributed by atoms with E-state index in [2.05, 4.69) is 9.72 Å². The summed E-state index contributed by atoms with van der Waals surface area (Å²) in [6.07, 6.45) is -8.35. The second kappa shape index (κ2) is 5.87. The molecule has 0 amide bonds. The van der Waals surface area contributed by atoms with Crippen molar-refractivity contribution in [2.24, 2.45) is 0 Å². The molecule has 0 bridgehead atoms. The van der Waals surface area contributed by atoms with Gasteiger partial charge in [0.1, 0.15) is 0 Å². The molecular weight excluding hydrogens is 320 g/mol. The van der Waals surface area contributed by atoms with Crippen molar-refractivity contribution in [2.45, 2.75) is 18.7 Å². The Morgan fingerprint density at radius 3 is 2.37 bits per heavy atom. The summed E-state index contributed by atoms with van der Waals surface area (Å²) in [5.74, 6) is -1.72. The fourth-order valence-electron chi connectivity index (χ4n) is 1.26. The maximum Gasteiger partial charge on any atom is 0.574 e. The molecule has 10 heteroatoms. The molecule has 19 heavy (non-hydrogen) atoms. The van der Waals surface area contributed by atoms with Gasteiger partial charge in [0.05, 0.1) is 17.1 Å². The van der Waals surface area contributed by atoms with Gasteiger partial charge in [-0.05, 0) is 11.6 Å². The van der Waals surface area contributed by atoms with Crippen molar-refractivity contribution in [3.05, 3.63) is 22.9 Å². The van der Waals surface area contributed by atoms with E-state index in [0.717, 1.165) is 0 Å². The van der Waals surface area contributed by atoms with Crippen molar-refractivity contribution in [2.75, 3.05) is 0 Å². The number of alkyl halides is 6. The molecule has 1 rings (SSSR count). The summed E-state index contributed by atoms with van der Waals surface area (Å²) in [4.78, 5) is 14.2. The van der Waals surface area contributed by atoms with Crippen LogP contribution in [0.1, 0.15) is 28.0 Å². The van der Waals surface area contributed by atoms with Gasteiger partial charge >= 0.3 is 6.36 Å². The third kappa shape index (κ3) is 4.17. The molecule has 1 heterocycles. The highest BCUT2D eigenvalue weighted by Gasteiger charge is 2.33. The van der Waals surface area contributed by atoms with Crippen molar-refractivity contribution in [3.8, 4) is 5.88 Å². The molecule has 0 spiro atoms. The lowest BCUT2D eigenvalue weighted by atomic mass is 10.1. The van der Waals surface area contributed by atoms with Crippen LogP contribution in [-0.4, -0.2) is 16.6 Å². The van der Waals surface area contributed by atoms with Crippen LogP contribution in [0.2, 0.25) is 0 Å². The van der Waals surface area contributed by atoms with Crippen LogP contribution in [0.5, 0.6) is 5.88 Å². The first-order chi connectivity index (χ1) is 8.65. The minimum absolute atomic E-state index is 0.295. The number of carbonyl (C=O) groups excluding carboxylic acids is 1. The highest BCUT2D eigenvalue weighted by atomic mass is 35.5. The summed E-state index contributed by atoms with van der Waals surface area (Å²) < 4.78 is 64.8. The molecule has 1 aromatic rings. The van der Waals surface area contributed by atoms with Gasteiger partial charge in [0.15, 0.2) is 0 Å². The Morgan fingerprint density at radius 2 is 2.00 bits per heavy atom. The van der Waals surface area contributed by atoms with Gasteiger partial charge in [-0.25, -0.2) is 13.8 Å². The van der Waals surface area contributed by atoms with Gasteiger partial charge in [-0.1, -0.05) is 0 Å². The summed E-state index contributed by atoms with van der Waals surface area (Å²) in [5, 5.41) is -1.29. The van der Waals surface area contributed by atoms with E-state index in [4.69, 9.17) is 23.2 Å². The molecule has 0 saturated carbocycles. The van der Waals surface area contributed by atoms with Crippen molar-refractivity contribution < 1.29 is 31.5 Å². The van der Waals surface area contributed by atoms with Crippen molar-refractivity contribution in [1.29, 1.82) is 0 Å². The zero-order chi connectivity index (χ0) is 14.8. The van der Waals surface area contributed by atoms with Crippen LogP contribution < -0.4 is 4.74 Å². The molecule has 0 N–H and O–H groups in total. The van der Waals surface area contributed by atoms with Crippen molar-refractivity contribution >= 4 is 28.4 Å². The largest absolute Gasteiger partial charge is 0.574 e. The van der Waals surface area contributed by atoms with Gasteiger partial charge in [-0.3, -0.25) is 4.79 Å². The van der Waals surface area contributed by atoms with E-state index in [-0.39, 0.29) is 0 Å². The molecule has 0 unspecified atom stereocenters. The number of pyridine rings is 1.